The van der Waals surface area contributed by atoms with E-state index in [1.807, 2.05) is 0 Å². The molecule has 6 heteroatoms. The molecule has 3 rings (SSSR count). The number of hydrogen-bond acceptors (Lipinski definition) is 6. The minimum absolute atomic E-state index is 0.230. The summed E-state index contributed by atoms with van der Waals surface area (Å²) in [6.07, 6.45) is 2.73. The van der Waals surface area contributed by atoms with Crippen molar-refractivity contribution in [2.45, 2.75) is 30.9 Å². The number of methoxy groups -OCH3 is 1. The van der Waals surface area contributed by atoms with E-state index in [0.29, 0.717) is 12.0 Å². The maximum absolute atomic E-state index is 5.39. The number of nitrogens with one attached hydrogen (secondary N) is 2. The van der Waals surface area contributed by atoms with E-state index in [0.717, 1.165) is 24.0 Å². The van der Waals surface area contributed by atoms with Crippen molar-refractivity contribution in [1.29, 1.82) is 0 Å². The van der Waals surface area contributed by atoms with Crippen molar-refractivity contribution in [2.75, 3.05) is 25.5 Å². The lowest BCUT2D eigenvalue weighted by atomic mass is 10.2. The van der Waals surface area contributed by atoms with Crippen molar-refractivity contribution in [1.82, 2.24) is 14.7 Å². The minimum atomic E-state index is 0.230. The third-order valence-corrected chi connectivity index (χ3v) is 3.81. The summed E-state index contributed by atoms with van der Waals surface area (Å²) >= 11 is 1.46. The first-order chi connectivity index (χ1) is 7.86. The zero-order valence-electron chi connectivity index (χ0n) is 9.27. The Labute approximate surface area is 98.8 Å². The molecule has 1 saturated carbocycles. The molecular weight excluding hydrogens is 224 g/mol. The quantitative estimate of drug-likeness (QED) is 0.816. The van der Waals surface area contributed by atoms with Crippen LogP contribution in [0.3, 0.4) is 0 Å². The molecule has 1 unspecified atom stereocenters. The van der Waals surface area contributed by atoms with Crippen LogP contribution in [0.1, 0.15) is 24.6 Å². The van der Waals surface area contributed by atoms with E-state index >= 15 is 0 Å². The molecule has 1 aliphatic heterocycles. The van der Waals surface area contributed by atoms with Gasteiger partial charge in [-0.05, 0) is 12.8 Å². The molecule has 2 atom stereocenters. The van der Waals surface area contributed by atoms with Crippen LogP contribution in [0.5, 0.6) is 0 Å². The molecule has 1 aliphatic carbocycles. The van der Waals surface area contributed by atoms with Crippen molar-refractivity contribution in [3.8, 4) is 0 Å². The van der Waals surface area contributed by atoms with E-state index in [9.17, 15) is 0 Å². The summed E-state index contributed by atoms with van der Waals surface area (Å²) in [6.45, 7) is 1.83. The molecule has 1 saturated heterocycles. The average molecular weight is 240 g/mol. The first kappa shape index (κ1) is 10.4. The van der Waals surface area contributed by atoms with Gasteiger partial charge in [0, 0.05) is 37.6 Å². The van der Waals surface area contributed by atoms with Gasteiger partial charge in [-0.1, -0.05) is 0 Å². The highest BCUT2D eigenvalue weighted by Gasteiger charge is 2.30. The molecule has 0 bridgehead atoms. The summed E-state index contributed by atoms with van der Waals surface area (Å²) in [5.41, 5.74) is 0. The molecule has 0 amide bonds. The Balaban J connectivity index is 1.63. The Morgan fingerprint density at radius 3 is 3.06 bits per heavy atom. The Morgan fingerprint density at radius 2 is 2.31 bits per heavy atom. The van der Waals surface area contributed by atoms with Crippen LogP contribution in [0.25, 0.3) is 0 Å². The van der Waals surface area contributed by atoms with Gasteiger partial charge in [0.25, 0.3) is 0 Å². The maximum Gasteiger partial charge on any atom is 0.202 e. The number of aromatic nitrogens is 2. The molecule has 2 aliphatic rings. The molecule has 16 heavy (non-hydrogen) atoms. The number of rotatable bonds is 4. The molecule has 0 spiro atoms. The first-order valence-corrected chi connectivity index (χ1v) is 6.48. The summed E-state index contributed by atoms with van der Waals surface area (Å²) in [6, 6.07) is 0.310. The second-order valence-electron chi connectivity index (χ2n) is 4.42. The normalized spacial score (nSPS) is 29.6. The van der Waals surface area contributed by atoms with E-state index < -0.39 is 0 Å². The Morgan fingerprint density at radius 1 is 1.44 bits per heavy atom. The summed E-state index contributed by atoms with van der Waals surface area (Å²) in [5, 5.41) is 7.64. The molecular formula is C10H16N4OS. The molecule has 2 fully saturated rings. The van der Waals surface area contributed by atoms with E-state index in [2.05, 4.69) is 20.0 Å². The fraction of sp³-hybridized carbons (Fsp3) is 0.800. The van der Waals surface area contributed by atoms with Crippen LogP contribution in [-0.4, -0.2) is 41.7 Å². The van der Waals surface area contributed by atoms with E-state index in [4.69, 9.17) is 4.74 Å². The van der Waals surface area contributed by atoms with Crippen LogP contribution in [0, 0.1) is 0 Å². The summed E-state index contributed by atoms with van der Waals surface area (Å²) in [4.78, 5) is 4.52. The zero-order valence-corrected chi connectivity index (χ0v) is 10.1. The number of hydrogen-bond donors (Lipinski definition) is 2. The van der Waals surface area contributed by atoms with E-state index in [1.165, 1.54) is 24.4 Å². The second-order valence-corrected chi connectivity index (χ2v) is 5.17. The number of anilines is 1. The van der Waals surface area contributed by atoms with Crippen LogP contribution >= 0.6 is 11.5 Å². The van der Waals surface area contributed by atoms with Gasteiger partial charge in [-0.2, -0.15) is 4.37 Å². The van der Waals surface area contributed by atoms with Gasteiger partial charge in [-0.15, -0.1) is 0 Å². The Kier molecular flexibility index (Phi) is 2.79. The van der Waals surface area contributed by atoms with Gasteiger partial charge in [-0.3, -0.25) is 0 Å². The smallest absolute Gasteiger partial charge is 0.202 e. The van der Waals surface area contributed by atoms with E-state index in [1.54, 1.807) is 7.11 Å². The average Bonchev–Trinajstić information content (AvgIpc) is 2.88. The van der Waals surface area contributed by atoms with Crippen LogP contribution < -0.4 is 10.6 Å². The predicted molar refractivity (Wildman–Crippen MR) is 63.0 cm³/mol. The first-order valence-electron chi connectivity index (χ1n) is 5.70. The van der Waals surface area contributed by atoms with Crippen LogP contribution in [-0.2, 0) is 4.74 Å². The molecule has 1 aromatic heterocycles. The maximum atomic E-state index is 5.39. The monoisotopic (exact) mass is 240 g/mol. The predicted octanol–water partition coefficient (Wildman–Crippen LogP) is 0.814. The second kappa shape index (κ2) is 4.27. The Hall–Kier alpha value is -0.720. The molecule has 5 nitrogen and oxygen atoms in total. The van der Waals surface area contributed by atoms with E-state index in [-0.39, 0.29) is 6.10 Å². The van der Waals surface area contributed by atoms with Gasteiger partial charge >= 0.3 is 0 Å². The van der Waals surface area contributed by atoms with Gasteiger partial charge in [-0.25, -0.2) is 4.98 Å². The highest BCUT2D eigenvalue weighted by molar-refractivity contribution is 7.09. The molecule has 1 aromatic rings. The van der Waals surface area contributed by atoms with Crippen LogP contribution in [0.15, 0.2) is 0 Å². The van der Waals surface area contributed by atoms with Crippen molar-refractivity contribution < 1.29 is 4.74 Å². The molecule has 0 aromatic carbocycles. The third kappa shape index (κ3) is 2.05. The lowest BCUT2D eigenvalue weighted by Crippen LogP contribution is -2.33. The van der Waals surface area contributed by atoms with Gasteiger partial charge < -0.3 is 15.4 Å². The van der Waals surface area contributed by atoms with Crippen molar-refractivity contribution in [2.24, 2.45) is 0 Å². The SMILES string of the molecule is CO[C@H]1CNCC1Nc1nc(C2CC2)ns1. The highest BCUT2D eigenvalue weighted by Crippen LogP contribution is 2.39. The topological polar surface area (TPSA) is 59.1 Å². The Bertz CT molecular complexity index is 365. The number of nitrogens with zero attached hydrogens (tertiary/aromatic N) is 2. The fourth-order valence-corrected chi connectivity index (χ4v) is 2.71. The van der Waals surface area contributed by atoms with Gasteiger partial charge in [0.2, 0.25) is 5.13 Å². The fourth-order valence-electron chi connectivity index (χ4n) is 2.01. The summed E-state index contributed by atoms with van der Waals surface area (Å²) in [5.74, 6) is 1.65. The zero-order chi connectivity index (χ0) is 11.0. The van der Waals surface area contributed by atoms with Crippen LogP contribution in [0.4, 0.5) is 5.13 Å². The summed E-state index contributed by atoms with van der Waals surface area (Å²) < 4.78 is 9.77. The molecule has 88 valence electrons. The molecule has 2 heterocycles. The number of ether oxygens (including phenoxy) is 1. The van der Waals surface area contributed by atoms with Gasteiger partial charge in [0.15, 0.2) is 0 Å². The van der Waals surface area contributed by atoms with Crippen molar-refractivity contribution >= 4 is 16.7 Å². The standard InChI is InChI=1S/C10H16N4OS/c1-15-8-5-11-4-7(8)12-10-13-9(14-16-10)6-2-3-6/h6-8,11H,2-5H2,1H3,(H,12,13,14)/t7?,8-/m0/s1. The van der Waals surface area contributed by atoms with Gasteiger partial charge in [0.05, 0.1) is 12.1 Å². The van der Waals surface area contributed by atoms with Crippen molar-refractivity contribution in [3.63, 3.8) is 0 Å². The molecule has 2 N–H and O–H groups in total. The largest absolute Gasteiger partial charge is 0.378 e. The highest BCUT2D eigenvalue weighted by atomic mass is 32.1. The lowest BCUT2D eigenvalue weighted by molar-refractivity contribution is 0.111. The van der Waals surface area contributed by atoms with Crippen LogP contribution in [0.2, 0.25) is 0 Å². The third-order valence-electron chi connectivity index (χ3n) is 3.15. The minimum Gasteiger partial charge on any atom is -0.378 e. The van der Waals surface area contributed by atoms with Crippen molar-refractivity contribution in [3.05, 3.63) is 5.82 Å². The lowest BCUT2D eigenvalue weighted by Gasteiger charge is -2.17. The van der Waals surface area contributed by atoms with Gasteiger partial charge in [0.1, 0.15) is 5.82 Å². The summed E-state index contributed by atoms with van der Waals surface area (Å²) in [7, 11) is 1.75. The molecule has 0 radical (unpaired) electrons.